The van der Waals surface area contributed by atoms with Gasteiger partial charge in [-0.3, -0.25) is 9.63 Å². The third kappa shape index (κ3) is 3.91. The van der Waals surface area contributed by atoms with Crippen molar-refractivity contribution in [2.45, 2.75) is 26.3 Å². The van der Waals surface area contributed by atoms with Gasteiger partial charge in [0.05, 0.1) is 26.4 Å². The highest BCUT2D eigenvalue weighted by atomic mass is 16.7. The SMILES string of the molecule is Cc1nc(C(=O)N2CCOCCO2)nc(N2CC[C@@H](N(C)C)C2)c1C. The fourth-order valence-electron chi connectivity index (χ4n) is 3.17. The van der Waals surface area contributed by atoms with E-state index in [0.29, 0.717) is 32.4 Å². The molecule has 8 heteroatoms. The van der Waals surface area contributed by atoms with Crippen molar-refractivity contribution in [3.8, 4) is 0 Å². The summed E-state index contributed by atoms with van der Waals surface area (Å²) >= 11 is 0. The number of carbonyl (C=O) groups excluding carboxylic acids is 1. The molecule has 2 saturated heterocycles. The molecule has 2 fully saturated rings. The Balaban J connectivity index is 1.84. The van der Waals surface area contributed by atoms with Crippen LogP contribution in [0, 0.1) is 13.8 Å². The Morgan fingerprint density at radius 2 is 1.96 bits per heavy atom. The van der Waals surface area contributed by atoms with Gasteiger partial charge in [0.2, 0.25) is 5.82 Å². The fraction of sp³-hybridized carbons (Fsp3) is 0.706. The molecule has 0 bridgehead atoms. The normalized spacial score (nSPS) is 21.7. The van der Waals surface area contributed by atoms with Crippen LogP contribution < -0.4 is 4.90 Å². The maximum absolute atomic E-state index is 12.7. The van der Waals surface area contributed by atoms with Crippen molar-refractivity contribution < 1.29 is 14.4 Å². The molecule has 0 unspecified atom stereocenters. The first kappa shape index (κ1) is 18.0. The second kappa shape index (κ2) is 7.63. The molecule has 2 aliphatic heterocycles. The number of anilines is 1. The summed E-state index contributed by atoms with van der Waals surface area (Å²) < 4.78 is 5.32. The van der Waals surface area contributed by atoms with Crippen molar-refractivity contribution >= 4 is 11.7 Å². The minimum atomic E-state index is -0.307. The maximum Gasteiger partial charge on any atom is 0.315 e. The summed E-state index contributed by atoms with van der Waals surface area (Å²) in [5, 5.41) is 1.31. The van der Waals surface area contributed by atoms with Crippen LogP contribution in [0.25, 0.3) is 0 Å². The largest absolute Gasteiger partial charge is 0.377 e. The number of hydroxylamine groups is 2. The van der Waals surface area contributed by atoms with Gasteiger partial charge in [0, 0.05) is 30.4 Å². The number of carbonyl (C=O) groups is 1. The summed E-state index contributed by atoms with van der Waals surface area (Å²) in [5.74, 6) is 0.734. The molecule has 0 radical (unpaired) electrons. The van der Waals surface area contributed by atoms with Crippen molar-refractivity contribution in [1.82, 2.24) is 19.9 Å². The lowest BCUT2D eigenvalue weighted by molar-refractivity contribution is -0.113. The summed E-state index contributed by atoms with van der Waals surface area (Å²) in [6.45, 7) is 7.47. The Morgan fingerprint density at radius 3 is 2.68 bits per heavy atom. The van der Waals surface area contributed by atoms with Crippen LogP contribution in [-0.2, 0) is 9.57 Å². The van der Waals surface area contributed by atoms with E-state index in [1.807, 2.05) is 13.8 Å². The number of rotatable bonds is 3. The Kier molecular flexibility index (Phi) is 5.51. The molecule has 1 atom stereocenters. The van der Waals surface area contributed by atoms with Crippen molar-refractivity contribution in [1.29, 1.82) is 0 Å². The van der Waals surface area contributed by atoms with E-state index >= 15 is 0 Å². The van der Waals surface area contributed by atoms with Crippen molar-refractivity contribution in [2.24, 2.45) is 0 Å². The van der Waals surface area contributed by atoms with E-state index in [-0.39, 0.29) is 11.7 Å². The summed E-state index contributed by atoms with van der Waals surface area (Å²) in [6.07, 6.45) is 1.09. The first-order chi connectivity index (χ1) is 12.0. The number of aromatic nitrogens is 2. The van der Waals surface area contributed by atoms with Crippen molar-refractivity contribution in [3.05, 3.63) is 17.1 Å². The predicted molar refractivity (Wildman–Crippen MR) is 93.6 cm³/mol. The molecule has 0 saturated carbocycles. The highest BCUT2D eigenvalue weighted by Crippen LogP contribution is 2.25. The van der Waals surface area contributed by atoms with Gasteiger partial charge in [-0.2, -0.15) is 0 Å². The zero-order valence-electron chi connectivity index (χ0n) is 15.5. The molecule has 0 spiro atoms. The molecular weight excluding hydrogens is 322 g/mol. The second-order valence-corrected chi connectivity index (χ2v) is 6.79. The molecule has 3 heterocycles. The van der Waals surface area contributed by atoms with E-state index in [1.165, 1.54) is 5.06 Å². The number of amides is 1. The molecule has 1 aromatic rings. The van der Waals surface area contributed by atoms with Gasteiger partial charge in [-0.15, -0.1) is 0 Å². The van der Waals surface area contributed by atoms with Crippen LogP contribution in [0.15, 0.2) is 0 Å². The minimum absolute atomic E-state index is 0.188. The first-order valence-corrected chi connectivity index (χ1v) is 8.76. The zero-order chi connectivity index (χ0) is 18.0. The third-order valence-corrected chi connectivity index (χ3v) is 4.89. The van der Waals surface area contributed by atoms with Gasteiger partial charge in [-0.25, -0.2) is 15.0 Å². The molecule has 1 amide bonds. The fourth-order valence-corrected chi connectivity index (χ4v) is 3.17. The summed E-state index contributed by atoms with van der Waals surface area (Å²) in [7, 11) is 4.19. The van der Waals surface area contributed by atoms with Crippen molar-refractivity contribution in [2.75, 3.05) is 58.5 Å². The lowest BCUT2D eigenvalue weighted by Crippen LogP contribution is -2.35. The molecule has 0 N–H and O–H groups in total. The molecule has 3 rings (SSSR count). The van der Waals surface area contributed by atoms with Crippen LogP contribution in [0.4, 0.5) is 5.82 Å². The monoisotopic (exact) mass is 349 g/mol. The zero-order valence-corrected chi connectivity index (χ0v) is 15.5. The molecule has 8 nitrogen and oxygen atoms in total. The van der Waals surface area contributed by atoms with Crippen LogP contribution in [0.5, 0.6) is 0 Å². The van der Waals surface area contributed by atoms with E-state index in [4.69, 9.17) is 9.57 Å². The predicted octanol–water partition coefficient (Wildman–Crippen LogP) is 0.638. The van der Waals surface area contributed by atoms with E-state index in [9.17, 15) is 4.79 Å². The van der Waals surface area contributed by atoms with Crippen LogP contribution in [0.2, 0.25) is 0 Å². The van der Waals surface area contributed by atoms with Gasteiger partial charge in [0.15, 0.2) is 0 Å². The average molecular weight is 349 g/mol. The minimum Gasteiger partial charge on any atom is -0.377 e. The highest BCUT2D eigenvalue weighted by molar-refractivity contribution is 5.90. The number of ether oxygens (including phenoxy) is 1. The standard InChI is InChI=1S/C17H27N5O3/c1-12-13(2)18-15(17(23)22-7-8-24-9-10-25-22)19-16(12)21-6-5-14(11-21)20(3)4/h14H,5-11H2,1-4H3/t14-/m1/s1. The van der Waals surface area contributed by atoms with Crippen molar-refractivity contribution in [3.63, 3.8) is 0 Å². The number of nitrogens with zero attached hydrogens (tertiary/aromatic N) is 5. The second-order valence-electron chi connectivity index (χ2n) is 6.79. The van der Waals surface area contributed by atoms with Gasteiger partial charge in [-0.05, 0) is 34.4 Å². The Labute approximate surface area is 148 Å². The Hall–Kier alpha value is -1.77. The van der Waals surface area contributed by atoms with Crippen LogP contribution >= 0.6 is 0 Å². The quantitative estimate of drug-likeness (QED) is 0.793. The van der Waals surface area contributed by atoms with Gasteiger partial charge in [0.1, 0.15) is 5.82 Å². The third-order valence-electron chi connectivity index (χ3n) is 4.89. The summed E-state index contributed by atoms with van der Waals surface area (Å²) in [6, 6.07) is 0.500. The molecule has 0 aromatic carbocycles. The van der Waals surface area contributed by atoms with Crippen LogP contribution in [-0.4, -0.2) is 85.4 Å². The average Bonchev–Trinajstić information content (AvgIpc) is 2.92. The number of aryl methyl sites for hydroxylation is 1. The Morgan fingerprint density at radius 1 is 1.16 bits per heavy atom. The lowest BCUT2D eigenvalue weighted by atomic mass is 10.2. The van der Waals surface area contributed by atoms with Crippen LogP contribution in [0.1, 0.15) is 28.3 Å². The molecule has 25 heavy (non-hydrogen) atoms. The summed E-state index contributed by atoms with van der Waals surface area (Å²) in [5.41, 5.74) is 1.85. The maximum atomic E-state index is 12.7. The lowest BCUT2D eigenvalue weighted by Gasteiger charge is -2.24. The van der Waals surface area contributed by atoms with E-state index in [0.717, 1.165) is 36.6 Å². The van der Waals surface area contributed by atoms with E-state index < -0.39 is 0 Å². The van der Waals surface area contributed by atoms with Crippen LogP contribution in [0.3, 0.4) is 0 Å². The van der Waals surface area contributed by atoms with Gasteiger partial charge in [-0.1, -0.05) is 0 Å². The molecule has 0 aliphatic carbocycles. The molecular formula is C17H27N5O3. The summed E-state index contributed by atoms with van der Waals surface area (Å²) in [4.78, 5) is 31.7. The molecule has 1 aromatic heterocycles. The highest BCUT2D eigenvalue weighted by Gasteiger charge is 2.29. The van der Waals surface area contributed by atoms with Gasteiger partial charge >= 0.3 is 5.91 Å². The van der Waals surface area contributed by atoms with Gasteiger partial charge in [0.25, 0.3) is 0 Å². The number of hydrogen-bond donors (Lipinski definition) is 0. The first-order valence-electron chi connectivity index (χ1n) is 8.76. The topological polar surface area (TPSA) is 71.0 Å². The molecule has 138 valence electrons. The smallest absolute Gasteiger partial charge is 0.315 e. The van der Waals surface area contributed by atoms with Gasteiger partial charge < -0.3 is 14.5 Å². The Bertz CT molecular complexity index is 629. The number of likely N-dealkylation sites (N-methyl/N-ethyl adjacent to an activating group) is 1. The molecule has 2 aliphatic rings. The van der Waals surface area contributed by atoms with E-state index in [2.05, 4.69) is 33.9 Å². The number of hydrogen-bond acceptors (Lipinski definition) is 7. The van der Waals surface area contributed by atoms with E-state index in [1.54, 1.807) is 0 Å².